The van der Waals surface area contributed by atoms with Crippen LogP contribution in [0.1, 0.15) is 66.9 Å². The molecular formula is C32H35NO5. The van der Waals surface area contributed by atoms with Crippen molar-refractivity contribution >= 4 is 17.8 Å². The summed E-state index contributed by atoms with van der Waals surface area (Å²) in [5.74, 6) is -1.74. The fourth-order valence-corrected chi connectivity index (χ4v) is 4.10. The maximum absolute atomic E-state index is 14.0. The average Bonchev–Trinajstić information content (AvgIpc) is 2.91. The van der Waals surface area contributed by atoms with E-state index in [0.29, 0.717) is 5.56 Å². The molecule has 0 aliphatic carbocycles. The second-order valence-corrected chi connectivity index (χ2v) is 9.91. The van der Waals surface area contributed by atoms with Gasteiger partial charge in [-0.05, 0) is 64.4 Å². The molecule has 3 aromatic rings. The minimum atomic E-state index is -1.42. The highest BCUT2D eigenvalue weighted by atomic mass is 16.6. The van der Waals surface area contributed by atoms with E-state index in [1.807, 2.05) is 43.3 Å². The molecular weight excluding hydrogens is 478 g/mol. The number of nitrogens with zero attached hydrogens (tertiary/aromatic N) is 1. The number of amides is 1. The molecule has 0 aliphatic heterocycles. The molecule has 0 aliphatic rings. The Labute approximate surface area is 224 Å². The molecule has 38 heavy (non-hydrogen) atoms. The van der Waals surface area contributed by atoms with Gasteiger partial charge in [0.2, 0.25) is 6.10 Å². The topological polar surface area (TPSA) is 72.9 Å². The van der Waals surface area contributed by atoms with Crippen molar-refractivity contribution in [3.63, 3.8) is 0 Å². The lowest BCUT2D eigenvalue weighted by Gasteiger charge is -2.39. The highest BCUT2D eigenvalue weighted by Crippen LogP contribution is 2.29. The molecule has 0 spiro atoms. The molecule has 1 amide bonds. The van der Waals surface area contributed by atoms with Crippen LogP contribution in [0.3, 0.4) is 0 Å². The van der Waals surface area contributed by atoms with E-state index in [0.717, 1.165) is 5.56 Å². The summed E-state index contributed by atoms with van der Waals surface area (Å²) in [5, 5.41) is 0. The third-order valence-electron chi connectivity index (χ3n) is 5.86. The highest BCUT2D eigenvalue weighted by Gasteiger charge is 2.41. The monoisotopic (exact) mass is 513 g/mol. The molecule has 3 aromatic carbocycles. The number of carbonyl (C=O) groups excluding carboxylic acids is 3. The Morgan fingerprint density at radius 2 is 1.29 bits per heavy atom. The SMILES string of the molecule is C/C=C/[C@@H]([C@H](OC(=O)c1ccccc1)C(=O)OC(C)(C)C)N(C(=O)c1ccccc1)[C@@H](C)c1ccccc1. The van der Waals surface area contributed by atoms with Gasteiger partial charge in [0.15, 0.2) is 0 Å². The van der Waals surface area contributed by atoms with Crippen molar-refractivity contribution in [2.45, 2.75) is 58.4 Å². The van der Waals surface area contributed by atoms with Crippen LogP contribution < -0.4 is 0 Å². The third kappa shape index (κ3) is 7.42. The number of rotatable bonds is 9. The Hall–Kier alpha value is -4.19. The van der Waals surface area contributed by atoms with Crippen LogP contribution >= 0.6 is 0 Å². The van der Waals surface area contributed by atoms with Crippen LogP contribution in [0.4, 0.5) is 0 Å². The van der Waals surface area contributed by atoms with Gasteiger partial charge in [-0.1, -0.05) is 78.9 Å². The average molecular weight is 514 g/mol. The van der Waals surface area contributed by atoms with Gasteiger partial charge < -0.3 is 14.4 Å². The van der Waals surface area contributed by atoms with Gasteiger partial charge in [0.25, 0.3) is 5.91 Å². The Morgan fingerprint density at radius 3 is 1.79 bits per heavy atom. The van der Waals surface area contributed by atoms with Crippen LogP contribution in [0.15, 0.2) is 103 Å². The summed E-state index contributed by atoms with van der Waals surface area (Å²) in [6.45, 7) is 8.90. The van der Waals surface area contributed by atoms with Crippen LogP contribution in [-0.4, -0.2) is 40.5 Å². The van der Waals surface area contributed by atoms with E-state index in [-0.39, 0.29) is 11.5 Å². The zero-order valence-corrected chi connectivity index (χ0v) is 22.5. The fourth-order valence-electron chi connectivity index (χ4n) is 4.10. The Kier molecular flexibility index (Phi) is 9.61. The maximum Gasteiger partial charge on any atom is 0.350 e. The molecule has 0 bridgehead atoms. The van der Waals surface area contributed by atoms with Gasteiger partial charge in [-0.15, -0.1) is 0 Å². The maximum atomic E-state index is 14.0. The van der Waals surface area contributed by atoms with E-state index in [1.54, 1.807) is 99.3 Å². The van der Waals surface area contributed by atoms with Crippen molar-refractivity contribution in [3.05, 3.63) is 120 Å². The predicted octanol–water partition coefficient (Wildman–Crippen LogP) is 6.40. The van der Waals surface area contributed by atoms with Gasteiger partial charge in [0, 0.05) is 5.56 Å². The molecule has 6 heteroatoms. The minimum Gasteiger partial charge on any atom is -0.457 e. The predicted molar refractivity (Wildman–Crippen MR) is 148 cm³/mol. The molecule has 0 aromatic heterocycles. The highest BCUT2D eigenvalue weighted by molar-refractivity contribution is 5.96. The zero-order valence-electron chi connectivity index (χ0n) is 22.5. The van der Waals surface area contributed by atoms with Gasteiger partial charge in [-0.3, -0.25) is 4.79 Å². The molecule has 0 saturated heterocycles. The van der Waals surface area contributed by atoms with Gasteiger partial charge >= 0.3 is 11.9 Å². The number of benzene rings is 3. The first kappa shape index (κ1) is 28.4. The van der Waals surface area contributed by atoms with Crippen molar-refractivity contribution in [1.29, 1.82) is 0 Å². The minimum absolute atomic E-state index is 0.289. The molecule has 198 valence electrons. The van der Waals surface area contributed by atoms with Crippen molar-refractivity contribution in [3.8, 4) is 0 Å². The molecule has 0 N–H and O–H groups in total. The second kappa shape index (κ2) is 12.9. The standard InChI is InChI=1S/C32H35NO5/c1-6-16-27(28(31(36)38-32(3,4)5)37-30(35)26-21-14-9-15-22-26)33(23(2)24-17-10-7-11-18-24)29(34)25-19-12-8-13-20-25/h6-23,27-28H,1-5H3/b16-6+/t23-,27-,28-/m0/s1. The number of hydrogen-bond donors (Lipinski definition) is 0. The normalized spacial score (nSPS) is 13.8. The van der Waals surface area contributed by atoms with Crippen molar-refractivity contribution in [2.75, 3.05) is 0 Å². The molecule has 0 heterocycles. The summed E-state index contributed by atoms with van der Waals surface area (Å²) in [7, 11) is 0. The lowest BCUT2D eigenvalue weighted by molar-refractivity contribution is -0.168. The van der Waals surface area contributed by atoms with Crippen LogP contribution in [0, 0.1) is 0 Å². The number of ether oxygens (including phenoxy) is 2. The Bertz CT molecular complexity index is 1230. The third-order valence-corrected chi connectivity index (χ3v) is 5.86. The van der Waals surface area contributed by atoms with Crippen molar-refractivity contribution in [1.82, 2.24) is 4.90 Å². The molecule has 0 saturated carbocycles. The molecule has 0 fully saturated rings. The molecule has 0 unspecified atom stereocenters. The molecule has 3 rings (SSSR count). The lowest BCUT2D eigenvalue weighted by Crippen LogP contribution is -2.53. The van der Waals surface area contributed by atoms with E-state index in [4.69, 9.17) is 9.47 Å². The number of carbonyl (C=O) groups is 3. The fraction of sp³-hybridized carbons (Fsp3) is 0.281. The van der Waals surface area contributed by atoms with E-state index >= 15 is 0 Å². The summed E-state index contributed by atoms with van der Waals surface area (Å²) >= 11 is 0. The molecule has 0 radical (unpaired) electrons. The smallest absolute Gasteiger partial charge is 0.350 e. The first-order chi connectivity index (χ1) is 18.1. The van der Waals surface area contributed by atoms with Crippen molar-refractivity contribution < 1.29 is 23.9 Å². The number of allylic oxidation sites excluding steroid dienone is 1. The number of hydrogen-bond acceptors (Lipinski definition) is 5. The van der Waals surface area contributed by atoms with Crippen molar-refractivity contribution in [2.24, 2.45) is 0 Å². The molecule has 3 atom stereocenters. The van der Waals surface area contributed by atoms with E-state index in [9.17, 15) is 14.4 Å². The van der Waals surface area contributed by atoms with Crippen LogP contribution in [-0.2, 0) is 14.3 Å². The van der Waals surface area contributed by atoms with E-state index in [1.165, 1.54) is 0 Å². The summed E-state index contributed by atoms with van der Waals surface area (Å²) in [6.07, 6.45) is 2.02. The van der Waals surface area contributed by atoms with E-state index < -0.39 is 35.7 Å². The quantitative estimate of drug-likeness (QED) is 0.244. The second-order valence-electron chi connectivity index (χ2n) is 9.91. The zero-order chi connectivity index (χ0) is 27.7. The van der Waals surface area contributed by atoms with E-state index in [2.05, 4.69) is 0 Å². The Morgan fingerprint density at radius 1 is 0.789 bits per heavy atom. The molecule has 6 nitrogen and oxygen atoms in total. The summed E-state index contributed by atoms with van der Waals surface area (Å²) in [5.41, 5.74) is 0.761. The summed E-state index contributed by atoms with van der Waals surface area (Å²) < 4.78 is 11.6. The van der Waals surface area contributed by atoms with Crippen LogP contribution in [0.2, 0.25) is 0 Å². The summed E-state index contributed by atoms with van der Waals surface area (Å²) in [6, 6.07) is 25.4. The first-order valence-electron chi connectivity index (χ1n) is 12.7. The van der Waals surface area contributed by atoms with Gasteiger partial charge in [0.05, 0.1) is 17.6 Å². The first-order valence-corrected chi connectivity index (χ1v) is 12.7. The van der Waals surface area contributed by atoms with Gasteiger partial charge in [-0.2, -0.15) is 0 Å². The number of esters is 2. The van der Waals surface area contributed by atoms with Gasteiger partial charge in [-0.25, -0.2) is 9.59 Å². The lowest BCUT2D eigenvalue weighted by atomic mass is 9.99. The Balaban J connectivity index is 2.14. The largest absolute Gasteiger partial charge is 0.457 e. The van der Waals surface area contributed by atoms with Gasteiger partial charge in [0.1, 0.15) is 5.60 Å². The van der Waals surface area contributed by atoms with Crippen LogP contribution in [0.25, 0.3) is 0 Å². The van der Waals surface area contributed by atoms with Crippen LogP contribution in [0.5, 0.6) is 0 Å². The summed E-state index contributed by atoms with van der Waals surface area (Å²) in [4.78, 5) is 42.4.